The summed E-state index contributed by atoms with van der Waals surface area (Å²) in [6, 6.07) is 51.8. The lowest BCUT2D eigenvalue weighted by Crippen LogP contribution is -2.31. The van der Waals surface area contributed by atoms with Crippen LogP contribution in [-0.4, -0.2) is 6.04 Å². The van der Waals surface area contributed by atoms with Crippen molar-refractivity contribution >= 4 is 32.3 Å². The van der Waals surface area contributed by atoms with Gasteiger partial charge in [0.1, 0.15) is 0 Å². The predicted octanol–water partition coefficient (Wildman–Crippen LogP) is 11.8. The van der Waals surface area contributed by atoms with Crippen LogP contribution in [-0.2, 0) is 6.42 Å². The van der Waals surface area contributed by atoms with Crippen LogP contribution in [0.15, 0.2) is 152 Å². The molecule has 2 atom stereocenters. The van der Waals surface area contributed by atoms with Crippen LogP contribution in [0, 0.1) is 5.92 Å². The van der Waals surface area contributed by atoms with Gasteiger partial charge in [-0.2, -0.15) is 0 Å². The van der Waals surface area contributed by atoms with Crippen LogP contribution >= 0.6 is 0 Å². The number of fused-ring (bicyclic) bond motifs is 6. The molecule has 1 saturated carbocycles. The number of nitrogens with two attached hydrogens (primary N) is 1. The molecule has 46 heavy (non-hydrogen) atoms. The first-order chi connectivity index (χ1) is 22.7. The van der Waals surface area contributed by atoms with E-state index in [4.69, 9.17) is 5.73 Å². The molecule has 0 heterocycles. The van der Waals surface area contributed by atoms with Crippen LogP contribution in [0.1, 0.15) is 31.2 Å². The summed E-state index contributed by atoms with van der Waals surface area (Å²) in [6.45, 7) is 0. The van der Waals surface area contributed by atoms with Gasteiger partial charge < -0.3 is 5.73 Å². The molecule has 7 aromatic rings. The Morgan fingerprint density at radius 3 is 1.52 bits per heavy atom. The van der Waals surface area contributed by atoms with Gasteiger partial charge in [0.2, 0.25) is 0 Å². The Morgan fingerprint density at radius 1 is 0.457 bits per heavy atom. The van der Waals surface area contributed by atoms with Crippen molar-refractivity contribution in [3.8, 4) is 33.4 Å². The fourth-order valence-corrected chi connectivity index (χ4v) is 7.48. The van der Waals surface area contributed by atoms with Gasteiger partial charge in [0.25, 0.3) is 0 Å². The van der Waals surface area contributed by atoms with Gasteiger partial charge >= 0.3 is 0 Å². The summed E-state index contributed by atoms with van der Waals surface area (Å²) in [4.78, 5) is 0. The Kier molecular flexibility index (Phi) is 7.70. The molecule has 0 amide bonds. The monoisotopic (exact) mass is 593 g/mol. The quantitative estimate of drug-likeness (QED) is 0.151. The second-order valence-corrected chi connectivity index (χ2v) is 13.0. The molecule has 2 unspecified atom stereocenters. The lowest BCUT2D eigenvalue weighted by Gasteiger charge is -2.25. The molecule has 0 saturated heterocycles. The average Bonchev–Trinajstić information content (AvgIpc) is 3.13. The van der Waals surface area contributed by atoms with Gasteiger partial charge in [0, 0.05) is 6.04 Å². The molecule has 1 heteroatoms. The first kappa shape index (κ1) is 28.5. The highest BCUT2D eigenvalue weighted by molar-refractivity contribution is 6.25. The Bertz CT molecular complexity index is 2170. The van der Waals surface area contributed by atoms with Gasteiger partial charge in [-0.1, -0.05) is 146 Å². The zero-order valence-electron chi connectivity index (χ0n) is 26.2. The van der Waals surface area contributed by atoms with Gasteiger partial charge in [-0.3, -0.25) is 0 Å². The van der Waals surface area contributed by atoms with E-state index >= 15 is 0 Å². The standard InChI is InChI=1S/C45H39N/c46-45-21-6-1-11-33(45)12-7-10-31-22-24-32(25-23-31)34-13-8-14-35(28-34)36-15-9-16-37(29-36)38-26-27-43-41-19-3-2-17-39(41)40-18-4-5-20-42(40)44(43)30-38/h2-5,7-9,12-20,22-30,33,45H,1,6,10-11,21,46H2/b12-7-. The molecular weight excluding hydrogens is 555 g/mol. The average molecular weight is 594 g/mol. The summed E-state index contributed by atoms with van der Waals surface area (Å²) in [5.41, 5.74) is 15.1. The summed E-state index contributed by atoms with van der Waals surface area (Å²) in [7, 11) is 0. The Hall–Kier alpha value is -4.98. The predicted molar refractivity (Wildman–Crippen MR) is 198 cm³/mol. The third-order valence-electron chi connectivity index (χ3n) is 10.0. The van der Waals surface area contributed by atoms with Crippen LogP contribution in [0.5, 0.6) is 0 Å². The molecule has 0 radical (unpaired) electrons. The van der Waals surface area contributed by atoms with E-state index < -0.39 is 0 Å². The van der Waals surface area contributed by atoms with Crippen LogP contribution < -0.4 is 5.73 Å². The summed E-state index contributed by atoms with van der Waals surface area (Å²) < 4.78 is 0. The number of hydrogen-bond acceptors (Lipinski definition) is 1. The summed E-state index contributed by atoms with van der Waals surface area (Å²) in [5, 5.41) is 7.83. The topological polar surface area (TPSA) is 26.0 Å². The molecule has 0 bridgehead atoms. The Labute approximate surface area is 272 Å². The van der Waals surface area contributed by atoms with Crippen molar-refractivity contribution in [3.05, 3.63) is 157 Å². The highest BCUT2D eigenvalue weighted by Crippen LogP contribution is 2.38. The smallest absolute Gasteiger partial charge is 0.0102 e. The van der Waals surface area contributed by atoms with Crippen molar-refractivity contribution in [2.75, 3.05) is 0 Å². The number of benzene rings is 7. The Morgan fingerprint density at radius 2 is 0.935 bits per heavy atom. The first-order valence-electron chi connectivity index (χ1n) is 16.8. The summed E-state index contributed by atoms with van der Waals surface area (Å²) in [5.74, 6) is 0.538. The maximum Gasteiger partial charge on any atom is 0.0102 e. The van der Waals surface area contributed by atoms with E-state index in [1.165, 1.54) is 90.5 Å². The lowest BCUT2D eigenvalue weighted by atomic mass is 9.84. The minimum absolute atomic E-state index is 0.328. The molecule has 1 nitrogen and oxygen atoms in total. The first-order valence-corrected chi connectivity index (χ1v) is 16.8. The van der Waals surface area contributed by atoms with Crippen molar-refractivity contribution in [1.82, 2.24) is 0 Å². The molecular formula is C45H39N. The maximum absolute atomic E-state index is 6.34. The molecule has 8 rings (SSSR count). The van der Waals surface area contributed by atoms with Crippen molar-refractivity contribution in [2.45, 2.75) is 38.1 Å². The van der Waals surface area contributed by atoms with E-state index in [-0.39, 0.29) is 0 Å². The van der Waals surface area contributed by atoms with Crippen molar-refractivity contribution < 1.29 is 0 Å². The molecule has 1 fully saturated rings. The van der Waals surface area contributed by atoms with Crippen molar-refractivity contribution in [3.63, 3.8) is 0 Å². The highest BCUT2D eigenvalue weighted by Gasteiger charge is 2.18. The van der Waals surface area contributed by atoms with Crippen LogP contribution in [0.2, 0.25) is 0 Å². The SMILES string of the molecule is NC1CCCCC1/C=C\Cc1ccc(-c2cccc(-c3cccc(-c4ccc5c6ccccc6c6ccccc6c5c4)c3)c2)cc1. The lowest BCUT2D eigenvalue weighted by molar-refractivity contribution is 0.361. The fraction of sp³-hybridized carbons (Fsp3) is 0.156. The minimum Gasteiger partial charge on any atom is -0.327 e. The normalized spacial score (nSPS) is 16.9. The van der Waals surface area contributed by atoms with E-state index in [1.54, 1.807) is 0 Å². The minimum atomic E-state index is 0.328. The fourth-order valence-electron chi connectivity index (χ4n) is 7.48. The van der Waals surface area contributed by atoms with Crippen LogP contribution in [0.25, 0.3) is 65.7 Å². The molecule has 2 N–H and O–H groups in total. The van der Waals surface area contributed by atoms with E-state index in [2.05, 4.69) is 152 Å². The molecule has 1 aliphatic carbocycles. The molecule has 1 aliphatic rings. The maximum atomic E-state index is 6.34. The van der Waals surface area contributed by atoms with E-state index in [9.17, 15) is 0 Å². The third kappa shape index (κ3) is 5.53. The van der Waals surface area contributed by atoms with Gasteiger partial charge in [-0.05, 0) is 115 Å². The van der Waals surface area contributed by atoms with E-state index in [0.29, 0.717) is 12.0 Å². The van der Waals surface area contributed by atoms with Gasteiger partial charge in [0.05, 0.1) is 0 Å². The summed E-state index contributed by atoms with van der Waals surface area (Å²) >= 11 is 0. The third-order valence-corrected chi connectivity index (χ3v) is 10.0. The number of rotatable bonds is 6. The van der Waals surface area contributed by atoms with E-state index in [0.717, 1.165) is 12.8 Å². The highest BCUT2D eigenvalue weighted by atomic mass is 14.6. The van der Waals surface area contributed by atoms with Gasteiger partial charge in [0.15, 0.2) is 0 Å². The van der Waals surface area contributed by atoms with Gasteiger partial charge in [-0.15, -0.1) is 0 Å². The number of allylic oxidation sites excluding steroid dienone is 1. The molecule has 0 spiro atoms. The zero-order chi connectivity index (χ0) is 30.9. The number of hydrogen-bond donors (Lipinski definition) is 1. The second kappa shape index (κ2) is 12.4. The van der Waals surface area contributed by atoms with Crippen molar-refractivity contribution in [1.29, 1.82) is 0 Å². The molecule has 224 valence electrons. The Balaban J connectivity index is 1.07. The second-order valence-electron chi connectivity index (χ2n) is 13.0. The van der Waals surface area contributed by atoms with Crippen LogP contribution in [0.3, 0.4) is 0 Å². The summed E-state index contributed by atoms with van der Waals surface area (Å²) in [6.07, 6.45) is 10.6. The zero-order valence-corrected chi connectivity index (χ0v) is 26.2. The molecule has 7 aromatic carbocycles. The molecule has 0 aliphatic heterocycles. The van der Waals surface area contributed by atoms with Crippen molar-refractivity contribution in [2.24, 2.45) is 11.7 Å². The van der Waals surface area contributed by atoms with E-state index in [1.807, 2.05) is 0 Å². The van der Waals surface area contributed by atoms with Gasteiger partial charge in [-0.25, -0.2) is 0 Å². The largest absolute Gasteiger partial charge is 0.327 e. The molecule has 0 aromatic heterocycles. The van der Waals surface area contributed by atoms with Crippen LogP contribution in [0.4, 0.5) is 0 Å².